The quantitative estimate of drug-likeness (QED) is 0.124. The van der Waals surface area contributed by atoms with Gasteiger partial charge in [-0.1, -0.05) is 148 Å². The fourth-order valence-electron chi connectivity index (χ4n) is 8.94. The average molecular weight is 945 g/mol. The summed E-state index contributed by atoms with van der Waals surface area (Å²) < 4.78 is 6.64. The van der Waals surface area contributed by atoms with Crippen molar-refractivity contribution in [2.24, 2.45) is 0 Å². The second-order valence-electron chi connectivity index (χ2n) is 15.8. The van der Waals surface area contributed by atoms with Crippen LogP contribution in [0.4, 0.5) is 11.4 Å². The predicted octanol–water partition coefficient (Wildman–Crippen LogP) is 8.68. The van der Waals surface area contributed by atoms with Gasteiger partial charge in [-0.15, -0.1) is 30.0 Å². The summed E-state index contributed by atoms with van der Waals surface area (Å²) in [6, 6.07) is 55.8. The molecule has 0 N–H and O–H groups in total. The van der Waals surface area contributed by atoms with Gasteiger partial charge >= 0.3 is 34.1 Å². The van der Waals surface area contributed by atoms with Gasteiger partial charge in [-0.05, 0) is 71.0 Å². The summed E-state index contributed by atoms with van der Waals surface area (Å²) in [4.78, 5) is 9.43. The predicted molar refractivity (Wildman–Crippen MR) is 240 cm³/mol. The number of aromatic nitrogens is 4. The molecule has 0 atom stereocenters. The molecule has 0 saturated carbocycles. The van der Waals surface area contributed by atoms with Crippen LogP contribution in [0.1, 0.15) is 50.7 Å². The summed E-state index contributed by atoms with van der Waals surface area (Å²) in [5.41, 5.74) is 14.8. The fraction of sp³-hybridized carbons (Fsp3) is 0.160. The first-order valence-electron chi connectivity index (χ1n) is 20.2. The van der Waals surface area contributed by atoms with Gasteiger partial charge in [0.2, 0.25) is 0 Å². The van der Waals surface area contributed by atoms with Crippen LogP contribution in [-0.4, -0.2) is 42.2 Å². The van der Waals surface area contributed by atoms with E-state index in [1.54, 1.807) is 0 Å². The number of benzene rings is 6. The van der Waals surface area contributed by atoms with Gasteiger partial charge in [-0.25, -0.2) is 10.7 Å². The van der Waals surface area contributed by atoms with E-state index in [2.05, 4.69) is 211 Å². The van der Waals surface area contributed by atoms with Crippen LogP contribution in [-0.2, 0) is 20.1 Å². The van der Waals surface area contributed by atoms with E-state index in [1.807, 2.05) is 30.5 Å². The van der Waals surface area contributed by atoms with Crippen LogP contribution < -0.4 is 25.1 Å². The molecule has 0 aliphatic carbocycles. The number of hydrogen-bond acceptors (Lipinski definition) is 3. The number of anilines is 2. The Bertz CT molecular complexity index is 2620. The molecule has 4 heterocycles. The molecular weight excluding hydrogens is 898 g/mol. The minimum absolute atomic E-state index is 0. The maximum absolute atomic E-state index is 4.72. The molecule has 9 heteroatoms. The zero-order valence-corrected chi connectivity index (χ0v) is 36.7. The van der Waals surface area contributed by atoms with Gasteiger partial charge in [0.05, 0.1) is 6.20 Å². The minimum Gasteiger partial charge on any atom is -0.436 e. The normalized spacial score (nSPS) is 12.6. The number of rotatable bonds is 6. The second kappa shape index (κ2) is 16.8. The summed E-state index contributed by atoms with van der Waals surface area (Å²) in [6.07, 6.45) is 9.44. The van der Waals surface area contributed by atoms with E-state index in [0.29, 0.717) is 11.8 Å². The van der Waals surface area contributed by atoms with E-state index >= 15 is 0 Å². The van der Waals surface area contributed by atoms with E-state index in [-0.39, 0.29) is 34.1 Å². The van der Waals surface area contributed by atoms with Gasteiger partial charge < -0.3 is 14.1 Å². The van der Waals surface area contributed by atoms with Crippen LogP contribution in [0.15, 0.2) is 158 Å². The molecule has 6 nitrogen and oxygen atoms in total. The third-order valence-electron chi connectivity index (χ3n) is 11.6. The van der Waals surface area contributed by atoms with Crippen LogP contribution in [0.2, 0.25) is 0 Å². The van der Waals surface area contributed by atoms with Crippen molar-refractivity contribution < 1.29 is 24.7 Å². The van der Waals surface area contributed by atoms with Crippen molar-refractivity contribution in [2.45, 2.75) is 39.5 Å². The molecule has 2 aliphatic heterocycles. The SMILES string of the molecule is CC(C)c1cccc(C(C)C)c1B1N(C)c2ccc[c-]c2-n2[c-]cc[n+]21.CN1B(c2c(-c3ccccc3)cccc2-c2ccccc2)n2ccnc2-c2[c-]cccc21.[Ir+3]. The van der Waals surface area contributed by atoms with Crippen LogP contribution in [0, 0.1) is 18.3 Å². The number of para-hydroxylation sites is 1. The first kappa shape index (κ1) is 39.9. The first-order chi connectivity index (χ1) is 28.3. The zero-order valence-electron chi connectivity index (χ0n) is 34.3. The van der Waals surface area contributed by atoms with E-state index in [9.17, 15) is 0 Å². The molecule has 2 aliphatic rings. The van der Waals surface area contributed by atoms with Gasteiger partial charge in [0.25, 0.3) is 0 Å². The molecule has 290 valence electrons. The smallest absolute Gasteiger partial charge is 0.436 e. The Morgan fingerprint density at radius 3 is 1.83 bits per heavy atom. The Kier molecular flexibility index (Phi) is 11.3. The van der Waals surface area contributed by atoms with Gasteiger partial charge in [0.15, 0.2) is 0 Å². The Hall–Kier alpha value is -5.88. The molecule has 0 spiro atoms. The van der Waals surface area contributed by atoms with E-state index < -0.39 is 0 Å². The number of fused-ring (bicyclic) bond motifs is 6. The molecule has 0 amide bonds. The third kappa shape index (κ3) is 7.07. The van der Waals surface area contributed by atoms with Crippen molar-refractivity contribution in [3.05, 3.63) is 188 Å². The molecule has 59 heavy (non-hydrogen) atoms. The minimum atomic E-state index is -0.0394. The van der Waals surface area contributed by atoms with Crippen LogP contribution >= 0.6 is 0 Å². The topological polar surface area (TPSA) is 33.1 Å². The molecule has 0 unspecified atom stereocenters. The number of imidazole rings is 1. The van der Waals surface area contributed by atoms with Crippen molar-refractivity contribution in [1.82, 2.24) is 14.1 Å². The molecule has 8 aromatic rings. The van der Waals surface area contributed by atoms with Gasteiger partial charge in [0.1, 0.15) is 0 Å². The first-order valence-corrected chi connectivity index (χ1v) is 20.2. The van der Waals surface area contributed by atoms with Crippen LogP contribution in [0.25, 0.3) is 39.3 Å². The van der Waals surface area contributed by atoms with Gasteiger partial charge in [0, 0.05) is 23.7 Å². The van der Waals surface area contributed by atoms with Crippen molar-refractivity contribution in [3.8, 4) is 39.3 Å². The molecule has 10 rings (SSSR count). The van der Waals surface area contributed by atoms with Gasteiger partial charge in [-0.3, -0.25) is 9.67 Å². The van der Waals surface area contributed by atoms with Crippen LogP contribution in [0.5, 0.6) is 0 Å². The maximum Gasteiger partial charge on any atom is 3.00 e. The Labute approximate surface area is 363 Å². The standard InChI is InChI=1S/C28H21BN3.C22H25BN3.Ir/c1-31-26-18-9-8-15-25(26)28-30-19-20-32(28)29(31)27-23(21-11-4-2-5-12-21)16-10-17-24(27)22-13-6-3-7-14-22;1-16(2)18-10-8-11-19(17(3)4)22(18)23-24(5)20-12-6-7-13-21(20)25-14-9-15-26(23)25;/h2-14,16-20H,1H3;6-12,15-17H,1-5H3;/q2*-1;+3. The van der Waals surface area contributed by atoms with E-state index in [0.717, 1.165) is 22.8 Å². The van der Waals surface area contributed by atoms with E-state index in [1.165, 1.54) is 50.0 Å². The summed E-state index contributed by atoms with van der Waals surface area (Å²) in [7, 11) is 4.35. The van der Waals surface area contributed by atoms with Crippen molar-refractivity contribution in [2.75, 3.05) is 23.7 Å². The number of nitrogens with zero attached hydrogens (tertiary/aromatic N) is 6. The molecule has 0 fully saturated rings. The average Bonchev–Trinajstić information content (AvgIpc) is 3.96. The van der Waals surface area contributed by atoms with E-state index in [4.69, 9.17) is 4.98 Å². The van der Waals surface area contributed by atoms with Crippen molar-refractivity contribution >= 4 is 36.3 Å². The maximum atomic E-state index is 4.72. The number of hydrogen-bond donors (Lipinski definition) is 0. The summed E-state index contributed by atoms with van der Waals surface area (Å²) >= 11 is 0. The molecule has 0 bridgehead atoms. The summed E-state index contributed by atoms with van der Waals surface area (Å²) in [5.74, 6) is 1.88. The molecule has 0 saturated heterocycles. The zero-order chi connectivity index (χ0) is 39.9. The largest absolute Gasteiger partial charge is 3.00 e. The molecular formula is C50H46B2IrN6+. The van der Waals surface area contributed by atoms with Crippen molar-refractivity contribution in [3.63, 3.8) is 0 Å². The molecule has 6 aromatic carbocycles. The fourth-order valence-corrected chi connectivity index (χ4v) is 8.94. The van der Waals surface area contributed by atoms with Crippen molar-refractivity contribution in [1.29, 1.82) is 0 Å². The summed E-state index contributed by atoms with van der Waals surface area (Å²) in [6.45, 7) is 9.18. The van der Waals surface area contributed by atoms with Crippen LogP contribution in [0.3, 0.4) is 0 Å². The molecule has 0 radical (unpaired) electrons. The Balaban J connectivity index is 0.000000165. The third-order valence-corrected chi connectivity index (χ3v) is 11.6. The Morgan fingerprint density at radius 1 is 0.610 bits per heavy atom. The molecule has 2 aromatic heterocycles. The Morgan fingerprint density at radius 2 is 1.20 bits per heavy atom. The summed E-state index contributed by atoms with van der Waals surface area (Å²) in [5, 5.41) is 0. The van der Waals surface area contributed by atoms with Gasteiger partial charge in [-0.2, -0.15) is 18.2 Å². The second-order valence-corrected chi connectivity index (χ2v) is 15.8. The monoisotopic (exact) mass is 945 g/mol.